The molecule has 0 unspecified atom stereocenters. The van der Waals surface area contributed by atoms with Crippen molar-refractivity contribution < 1.29 is 23.1 Å². The fraction of sp³-hybridized carbons (Fsp3) is 0.414. The number of amides is 2. The summed E-state index contributed by atoms with van der Waals surface area (Å²) in [6.07, 6.45) is 2.62. The molecule has 1 aromatic heterocycles. The second-order valence-electron chi connectivity index (χ2n) is 10.6. The molecule has 1 aliphatic heterocycles. The van der Waals surface area contributed by atoms with E-state index in [0.29, 0.717) is 10.0 Å². The van der Waals surface area contributed by atoms with Crippen molar-refractivity contribution in [3.8, 4) is 17.3 Å². The first kappa shape index (κ1) is 30.5. The molecule has 8 nitrogen and oxygen atoms in total. The standard InChI is InChI=1S/C29H30Cl3F2N5O3/c30-17-6-9-20(10-7-17)42-27-23(25(33)34)24(37-39(27)22-11-8-18(31)16-21(22)32)26(40)38-14-12-29(13-15-38,28(35)41)36-19-4-2-1-3-5-19/h6-11,16,19,25,36H,1-5,12-15H2,(H2,35,41). The monoisotopic (exact) mass is 639 g/mol. The highest BCUT2D eigenvalue weighted by Crippen LogP contribution is 2.40. The minimum absolute atomic E-state index is 0.115. The summed E-state index contributed by atoms with van der Waals surface area (Å²) >= 11 is 18.5. The third kappa shape index (κ3) is 6.37. The van der Waals surface area contributed by atoms with Crippen molar-refractivity contribution in [2.24, 2.45) is 5.73 Å². The van der Waals surface area contributed by atoms with Gasteiger partial charge in [-0.15, -0.1) is 0 Å². The zero-order valence-corrected chi connectivity index (χ0v) is 24.9. The van der Waals surface area contributed by atoms with Gasteiger partial charge in [0.1, 0.15) is 16.9 Å². The van der Waals surface area contributed by atoms with Crippen LogP contribution in [-0.2, 0) is 4.79 Å². The zero-order chi connectivity index (χ0) is 30.0. The van der Waals surface area contributed by atoms with Crippen LogP contribution in [0.15, 0.2) is 42.5 Å². The molecule has 224 valence electrons. The number of hydrogen-bond acceptors (Lipinski definition) is 5. The number of ether oxygens (including phenoxy) is 1. The Balaban J connectivity index is 1.48. The highest BCUT2D eigenvalue weighted by atomic mass is 35.5. The molecule has 2 amide bonds. The highest BCUT2D eigenvalue weighted by Gasteiger charge is 2.43. The fourth-order valence-electron chi connectivity index (χ4n) is 5.64. The molecular formula is C29H30Cl3F2N5O3. The van der Waals surface area contributed by atoms with Crippen molar-refractivity contribution >= 4 is 46.6 Å². The number of hydrogen-bond donors (Lipinski definition) is 2. The molecule has 2 fully saturated rings. The number of alkyl halides is 2. The number of carbonyl (C=O) groups excluding carboxylic acids is 2. The van der Waals surface area contributed by atoms with E-state index in [9.17, 15) is 18.4 Å². The number of halogens is 5. The number of primary amides is 1. The van der Waals surface area contributed by atoms with Gasteiger partial charge >= 0.3 is 0 Å². The molecule has 1 aliphatic carbocycles. The van der Waals surface area contributed by atoms with E-state index in [2.05, 4.69) is 10.4 Å². The normalized spacial score (nSPS) is 17.4. The first-order valence-corrected chi connectivity index (χ1v) is 14.9. The molecule has 1 saturated carbocycles. The molecule has 42 heavy (non-hydrogen) atoms. The van der Waals surface area contributed by atoms with Crippen LogP contribution in [0.5, 0.6) is 11.6 Å². The summed E-state index contributed by atoms with van der Waals surface area (Å²) in [5, 5.41) is 8.65. The van der Waals surface area contributed by atoms with Crippen molar-refractivity contribution in [1.29, 1.82) is 0 Å². The van der Waals surface area contributed by atoms with E-state index in [-0.39, 0.29) is 54.3 Å². The molecule has 3 aromatic rings. The molecular weight excluding hydrogens is 611 g/mol. The van der Waals surface area contributed by atoms with E-state index in [1.54, 1.807) is 12.1 Å². The second-order valence-corrected chi connectivity index (χ2v) is 11.9. The molecule has 13 heteroatoms. The molecule has 0 radical (unpaired) electrons. The average molecular weight is 641 g/mol. The van der Waals surface area contributed by atoms with Crippen LogP contribution in [0.1, 0.15) is 67.4 Å². The summed E-state index contributed by atoms with van der Waals surface area (Å²) in [6, 6.07) is 10.7. The lowest BCUT2D eigenvalue weighted by atomic mass is 9.83. The van der Waals surface area contributed by atoms with Gasteiger partial charge in [-0.3, -0.25) is 9.59 Å². The Hall–Kier alpha value is -2.92. The number of carbonyl (C=O) groups is 2. The van der Waals surface area contributed by atoms with Crippen LogP contribution in [0.2, 0.25) is 15.1 Å². The number of piperidine rings is 1. The van der Waals surface area contributed by atoms with E-state index >= 15 is 0 Å². The molecule has 0 bridgehead atoms. The molecule has 2 aliphatic rings. The largest absolute Gasteiger partial charge is 0.438 e. The topological polar surface area (TPSA) is 102 Å². The van der Waals surface area contributed by atoms with Gasteiger partial charge in [-0.1, -0.05) is 54.1 Å². The number of nitrogens with two attached hydrogens (primary N) is 1. The third-order valence-corrected chi connectivity index (χ3v) is 8.72. The van der Waals surface area contributed by atoms with Gasteiger partial charge in [0, 0.05) is 29.2 Å². The van der Waals surface area contributed by atoms with Gasteiger partial charge < -0.3 is 20.7 Å². The molecule has 5 rings (SSSR count). The predicted octanol–water partition coefficient (Wildman–Crippen LogP) is 6.94. The van der Waals surface area contributed by atoms with Crippen LogP contribution in [0, 0.1) is 0 Å². The van der Waals surface area contributed by atoms with Gasteiger partial charge in [-0.25, -0.2) is 8.78 Å². The number of nitrogens with one attached hydrogen (secondary N) is 1. The average Bonchev–Trinajstić information content (AvgIpc) is 3.33. The van der Waals surface area contributed by atoms with Crippen molar-refractivity contribution in [3.63, 3.8) is 0 Å². The lowest BCUT2D eigenvalue weighted by Gasteiger charge is -2.43. The van der Waals surface area contributed by atoms with Crippen LogP contribution in [0.4, 0.5) is 8.78 Å². The van der Waals surface area contributed by atoms with E-state index in [0.717, 1.165) is 36.8 Å². The number of likely N-dealkylation sites (tertiary alicyclic amines) is 1. The SMILES string of the molecule is NC(=O)C1(NC2CCCCC2)CCN(C(=O)c2nn(-c3ccc(Cl)cc3Cl)c(Oc3ccc(Cl)cc3)c2C(F)F)CC1. The van der Waals surface area contributed by atoms with Gasteiger partial charge in [0.2, 0.25) is 11.8 Å². The van der Waals surface area contributed by atoms with Crippen molar-refractivity contribution in [2.75, 3.05) is 13.1 Å². The van der Waals surface area contributed by atoms with Crippen molar-refractivity contribution in [2.45, 2.75) is 63.0 Å². The molecule has 2 heterocycles. The maximum Gasteiger partial charge on any atom is 0.275 e. The number of benzene rings is 2. The van der Waals surface area contributed by atoms with Gasteiger partial charge in [0.05, 0.1) is 10.7 Å². The Morgan fingerprint density at radius 3 is 2.24 bits per heavy atom. The summed E-state index contributed by atoms with van der Waals surface area (Å²) in [6.45, 7) is 0.262. The van der Waals surface area contributed by atoms with Crippen molar-refractivity contribution in [3.05, 3.63) is 68.8 Å². The maximum atomic E-state index is 14.7. The van der Waals surface area contributed by atoms with Crippen molar-refractivity contribution in [1.82, 2.24) is 20.0 Å². The number of rotatable bonds is 8. The molecule has 0 spiro atoms. The molecule has 2 aromatic carbocycles. The van der Waals surface area contributed by atoms with Crippen LogP contribution >= 0.6 is 34.8 Å². The zero-order valence-electron chi connectivity index (χ0n) is 22.6. The fourth-order valence-corrected chi connectivity index (χ4v) is 6.25. The predicted molar refractivity (Wildman–Crippen MR) is 157 cm³/mol. The molecule has 3 N–H and O–H groups in total. The first-order valence-electron chi connectivity index (χ1n) is 13.7. The van der Waals surface area contributed by atoms with E-state index in [1.807, 2.05) is 0 Å². The number of nitrogens with zero attached hydrogens (tertiary/aromatic N) is 3. The minimum Gasteiger partial charge on any atom is -0.438 e. The Kier molecular flexibility index (Phi) is 9.27. The summed E-state index contributed by atoms with van der Waals surface area (Å²) < 4.78 is 36.4. The lowest BCUT2D eigenvalue weighted by molar-refractivity contribution is -0.126. The van der Waals surface area contributed by atoms with Gasteiger partial charge in [-0.05, 0) is 68.1 Å². The Bertz CT molecular complexity index is 1450. The maximum absolute atomic E-state index is 14.7. The number of aromatic nitrogens is 2. The molecule has 0 atom stereocenters. The summed E-state index contributed by atoms with van der Waals surface area (Å²) in [5.74, 6) is -1.37. The summed E-state index contributed by atoms with van der Waals surface area (Å²) in [5.41, 5.74) is 3.90. The minimum atomic E-state index is -3.12. The quantitative estimate of drug-likeness (QED) is 0.278. The first-order chi connectivity index (χ1) is 20.1. The highest BCUT2D eigenvalue weighted by molar-refractivity contribution is 6.35. The van der Waals surface area contributed by atoms with E-state index in [1.165, 1.54) is 35.2 Å². The van der Waals surface area contributed by atoms with Crippen LogP contribution in [0.25, 0.3) is 5.69 Å². The van der Waals surface area contributed by atoms with Crippen LogP contribution < -0.4 is 15.8 Å². The summed E-state index contributed by atoms with van der Waals surface area (Å²) in [7, 11) is 0. The van der Waals surface area contributed by atoms with Gasteiger partial charge in [0.15, 0.2) is 5.69 Å². The summed E-state index contributed by atoms with van der Waals surface area (Å²) in [4.78, 5) is 27.8. The van der Waals surface area contributed by atoms with E-state index < -0.39 is 35.0 Å². The Labute approximate surface area is 257 Å². The second kappa shape index (κ2) is 12.8. The van der Waals surface area contributed by atoms with Crippen LogP contribution in [-0.4, -0.2) is 51.2 Å². The lowest BCUT2D eigenvalue weighted by Crippen LogP contribution is -2.63. The van der Waals surface area contributed by atoms with Gasteiger partial charge in [0.25, 0.3) is 12.3 Å². The molecule has 1 saturated heterocycles. The van der Waals surface area contributed by atoms with Crippen LogP contribution in [0.3, 0.4) is 0 Å². The Morgan fingerprint density at radius 2 is 1.64 bits per heavy atom. The third-order valence-electron chi connectivity index (χ3n) is 7.93. The van der Waals surface area contributed by atoms with Gasteiger partial charge in [-0.2, -0.15) is 9.78 Å². The Morgan fingerprint density at radius 1 is 1.00 bits per heavy atom. The smallest absolute Gasteiger partial charge is 0.275 e. The van der Waals surface area contributed by atoms with E-state index in [4.69, 9.17) is 45.3 Å².